The number of rotatable bonds is 23. The van der Waals surface area contributed by atoms with Crippen LogP contribution < -0.4 is 0 Å². The number of unbranched alkanes of at least 4 members (excludes halogenated alkanes) is 9. The smallest absolute Gasteiger partial charge is 0.309 e. The van der Waals surface area contributed by atoms with Gasteiger partial charge in [0.25, 0.3) is 0 Å². The Bertz CT molecular complexity index is 556. The van der Waals surface area contributed by atoms with Gasteiger partial charge >= 0.3 is 17.9 Å². The summed E-state index contributed by atoms with van der Waals surface area (Å²) in [5.41, 5.74) is 0. The number of ether oxygens (including phenoxy) is 3. The van der Waals surface area contributed by atoms with Gasteiger partial charge < -0.3 is 19.3 Å². The highest BCUT2D eigenvalue weighted by atomic mass is 32.2. The first kappa shape index (κ1) is 33.7. The molecule has 0 aromatic rings. The molecule has 0 aromatic carbocycles. The predicted molar refractivity (Wildman–Crippen MR) is 141 cm³/mol. The average molecular weight is 519 g/mol. The Balaban J connectivity index is 3.64. The summed E-state index contributed by atoms with van der Waals surface area (Å²) in [7, 11) is 0. The fourth-order valence-electron chi connectivity index (χ4n) is 3.18. The Labute approximate surface area is 217 Å². The molecule has 0 aliphatic carbocycles. The zero-order chi connectivity index (χ0) is 26.3. The van der Waals surface area contributed by atoms with Crippen LogP contribution in [0.3, 0.4) is 0 Å². The molecular formula is C27H50O7S. The second-order valence-electron chi connectivity index (χ2n) is 9.35. The highest BCUT2D eigenvalue weighted by molar-refractivity contribution is 7.99. The maximum Gasteiger partial charge on any atom is 0.309 e. The van der Waals surface area contributed by atoms with Crippen LogP contribution in [0.25, 0.3) is 0 Å². The minimum absolute atomic E-state index is 0.185. The van der Waals surface area contributed by atoms with Crippen LogP contribution in [-0.2, 0) is 28.6 Å². The van der Waals surface area contributed by atoms with E-state index >= 15 is 0 Å². The second-order valence-corrected chi connectivity index (χ2v) is 10.5. The van der Waals surface area contributed by atoms with E-state index in [-0.39, 0.29) is 43.4 Å². The summed E-state index contributed by atoms with van der Waals surface area (Å²) in [4.78, 5) is 35.5. The molecule has 0 saturated carbocycles. The summed E-state index contributed by atoms with van der Waals surface area (Å²) in [6.45, 7) is 7.79. The summed E-state index contributed by atoms with van der Waals surface area (Å²) >= 11 is 1.50. The van der Waals surface area contributed by atoms with Gasteiger partial charge in [-0.25, -0.2) is 0 Å². The Morgan fingerprint density at radius 3 is 1.89 bits per heavy atom. The van der Waals surface area contributed by atoms with Crippen molar-refractivity contribution in [2.75, 3.05) is 31.3 Å². The average Bonchev–Trinajstić information content (AvgIpc) is 2.86. The number of esters is 3. The molecule has 0 rings (SSSR count). The van der Waals surface area contributed by atoms with Gasteiger partial charge in [-0.05, 0) is 12.8 Å². The van der Waals surface area contributed by atoms with Crippen LogP contribution in [0.15, 0.2) is 0 Å². The molecule has 1 N–H and O–H groups in total. The normalized spacial score (nSPS) is 13.6. The zero-order valence-corrected chi connectivity index (χ0v) is 23.4. The van der Waals surface area contributed by atoms with Crippen LogP contribution in [0.5, 0.6) is 0 Å². The molecule has 7 nitrogen and oxygen atoms in total. The molecule has 0 aromatic heterocycles. The highest BCUT2D eigenvalue weighted by Gasteiger charge is 2.17. The van der Waals surface area contributed by atoms with Crippen molar-refractivity contribution in [2.24, 2.45) is 11.8 Å². The summed E-state index contributed by atoms with van der Waals surface area (Å²) in [6, 6.07) is 0. The maximum absolute atomic E-state index is 12.1. The SMILES string of the molecule is CCCCCCCCCCCCOC(=O)C(C)CSCCC(=O)OCC(O)COC(=O)C(C)CC. The Hall–Kier alpha value is -1.28. The van der Waals surface area contributed by atoms with Crippen molar-refractivity contribution in [2.45, 2.75) is 111 Å². The predicted octanol–water partition coefficient (Wildman–Crippen LogP) is 5.70. The number of carbonyl (C=O) groups excluding carboxylic acids is 3. The van der Waals surface area contributed by atoms with E-state index in [1.54, 1.807) is 6.92 Å². The van der Waals surface area contributed by atoms with E-state index < -0.39 is 12.1 Å². The molecule has 0 aliphatic rings. The van der Waals surface area contributed by atoms with Gasteiger partial charge in [0.2, 0.25) is 0 Å². The molecule has 35 heavy (non-hydrogen) atoms. The number of carbonyl (C=O) groups is 3. The van der Waals surface area contributed by atoms with Crippen LogP contribution in [0.4, 0.5) is 0 Å². The Morgan fingerprint density at radius 2 is 1.29 bits per heavy atom. The molecule has 8 heteroatoms. The van der Waals surface area contributed by atoms with E-state index in [0.717, 1.165) is 12.8 Å². The molecule has 0 spiro atoms. The molecule has 0 saturated heterocycles. The van der Waals surface area contributed by atoms with E-state index in [2.05, 4.69) is 6.92 Å². The summed E-state index contributed by atoms with van der Waals surface area (Å²) in [5, 5.41) is 9.77. The Kier molecular flexibility index (Phi) is 22.3. The maximum atomic E-state index is 12.1. The standard InChI is InChI=1S/C27H50O7S/c1-5-7-8-9-10-11-12-13-14-15-17-32-27(31)23(4)21-35-18-16-25(29)33-19-24(28)20-34-26(30)22(3)6-2/h22-24,28H,5-21H2,1-4H3. The molecule has 0 radical (unpaired) electrons. The summed E-state index contributed by atoms with van der Waals surface area (Å²) in [6.07, 6.45) is 12.3. The molecule has 0 amide bonds. The third-order valence-corrected chi connectivity index (χ3v) is 7.06. The van der Waals surface area contributed by atoms with Crippen LogP contribution >= 0.6 is 11.8 Å². The van der Waals surface area contributed by atoms with Crippen molar-refractivity contribution >= 4 is 29.7 Å². The van der Waals surface area contributed by atoms with Crippen LogP contribution in [0, 0.1) is 11.8 Å². The quantitative estimate of drug-likeness (QED) is 0.104. The van der Waals surface area contributed by atoms with E-state index in [0.29, 0.717) is 24.5 Å². The van der Waals surface area contributed by atoms with E-state index in [9.17, 15) is 19.5 Å². The number of aliphatic hydroxyl groups excluding tert-OH is 1. The molecule has 0 fully saturated rings. The van der Waals surface area contributed by atoms with Crippen molar-refractivity contribution in [3.8, 4) is 0 Å². The fraction of sp³-hybridized carbons (Fsp3) is 0.889. The van der Waals surface area contributed by atoms with Crippen LogP contribution in [0.1, 0.15) is 105 Å². The van der Waals surface area contributed by atoms with Gasteiger partial charge in [-0.3, -0.25) is 14.4 Å². The lowest BCUT2D eigenvalue weighted by atomic mass is 10.1. The van der Waals surface area contributed by atoms with E-state index in [4.69, 9.17) is 14.2 Å². The third kappa shape index (κ3) is 20.6. The molecule has 206 valence electrons. The first-order valence-corrected chi connectivity index (χ1v) is 14.7. The Morgan fingerprint density at radius 1 is 0.743 bits per heavy atom. The van der Waals surface area contributed by atoms with Gasteiger partial charge in [-0.15, -0.1) is 0 Å². The number of thioether (sulfide) groups is 1. The topological polar surface area (TPSA) is 99.1 Å². The molecular weight excluding hydrogens is 468 g/mol. The molecule has 3 atom stereocenters. The van der Waals surface area contributed by atoms with E-state index in [1.165, 1.54) is 63.1 Å². The lowest BCUT2D eigenvalue weighted by Crippen LogP contribution is -2.27. The van der Waals surface area contributed by atoms with Crippen molar-refractivity contribution < 1.29 is 33.7 Å². The van der Waals surface area contributed by atoms with Gasteiger partial charge in [0.1, 0.15) is 19.3 Å². The third-order valence-electron chi connectivity index (χ3n) is 5.83. The molecule has 3 unspecified atom stereocenters. The van der Waals surface area contributed by atoms with Crippen molar-refractivity contribution in [1.82, 2.24) is 0 Å². The van der Waals surface area contributed by atoms with Crippen LogP contribution in [-0.4, -0.2) is 60.4 Å². The van der Waals surface area contributed by atoms with E-state index in [1.807, 2.05) is 13.8 Å². The monoisotopic (exact) mass is 518 g/mol. The fourth-order valence-corrected chi connectivity index (χ4v) is 4.15. The summed E-state index contributed by atoms with van der Waals surface area (Å²) in [5.74, 6) is -0.327. The number of hydrogen-bond donors (Lipinski definition) is 1. The molecule has 0 bridgehead atoms. The van der Waals surface area contributed by atoms with Crippen molar-refractivity contribution in [3.05, 3.63) is 0 Å². The molecule has 0 heterocycles. The minimum Gasteiger partial charge on any atom is -0.465 e. The summed E-state index contributed by atoms with van der Waals surface area (Å²) < 4.78 is 15.4. The van der Waals surface area contributed by atoms with Gasteiger partial charge in [0, 0.05) is 11.5 Å². The van der Waals surface area contributed by atoms with Gasteiger partial charge in [-0.1, -0.05) is 85.5 Å². The lowest BCUT2D eigenvalue weighted by molar-refractivity contribution is -0.155. The zero-order valence-electron chi connectivity index (χ0n) is 22.6. The minimum atomic E-state index is -1.04. The van der Waals surface area contributed by atoms with Gasteiger partial charge in [0.15, 0.2) is 0 Å². The van der Waals surface area contributed by atoms with Crippen molar-refractivity contribution in [3.63, 3.8) is 0 Å². The second kappa shape index (κ2) is 23.1. The van der Waals surface area contributed by atoms with Gasteiger partial charge in [-0.2, -0.15) is 11.8 Å². The lowest BCUT2D eigenvalue weighted by Gasteiger charge is -2.14. The van der Waals surface area contributed by atoms with Crippen molar-refractivity contribution in [1.29, 1.82) is 0 Å². The number of hydrogen-bond acceptors (Lipinski definition) is 8. The number of aliphatic hydroxyl groups is 1. The largest absolute Gasteiger partial charge is 0.465 e. The highest BCUT2D eigenvalue weighted by Crippen LogP contribution is 2.13. The van der Waals surface area contributed by atoms with Gasteiger partial charge in [0.05, 0.1) is 24.9 Å². The van der Waals surface area contributed by atoms with Crippen LogP contribution in [0.2, 0.25) is 0 Å². The molecule has 0 aliphatic heterocycles. The first-order chi connectivity index (χ1) is 16.8. The first-order valence-electron chi connectivity index (χ1n) is 13.6.